The van der Waals surface area contributed by atoms with Gasteiger partial charge in [-0.3, -0.25) is 14.9 Å². The minimum absolute atomic E-state index is 0.305. The molecule has 0 fully saturated rings. The molecule has 6 nitrogen and oxygen atoms in total. The predicted molar refractivity (Wildman–Crippen MR) is 68.6 cm³/mol. The van der Waals surface area contributed by atoms with Crippen LogP contribution in [-0.4, -0.2) is 15.7 Å². The lowest BCUT2D eigenvalue weighted by atomic mass is 10.1. The highest BCUT2D eigenvalue weighted by atomic mass is 16.2. The van der Waals surface area contributed by atoms with Crippen LogP contribution < -0.4 is 17.0 Å². The lowest BCUT2D eigenvalue weighted by Crippen LogP contribution is -2.29. The number of rotatable bonds is 3. The summed E-state index contributed by atoms with van der Waals surface area (Å²) in [6, 6.07) is 8.99. The van der Waals surface area contributed by atoms with Crippen LogP contribution in [0.2, 0.25) is 0 Å². The van der Waals surface area contributed by atoms with Crippen LogP contribution >= 0.6 is 0 Å². The smallest absolute Gasteiger partial charge is 0.265 e. The van der Waals surface area contributed by atoms with Crippen LogP contribution in [0, 0.1) is 6.92 Å². The monoisotopic (exact) mass is 245 g/mol. The molecule has 18 heavy (non-hydrogen) atoms. The molecule has 0 saturated heterocycles. The second-order valence-electron chi connectivity index (χ2n) is 4.04. The third kappa shape index (κ3) is 2.49. The van der Waals surface area contributed by atoms with Crippen molar-refractivity contribution in [3.63, 3.8) is 0 Å². The van der Waals surface area contributed by atoms with Gasteiger partial charge in [-0.1, -0.05) is 12.1 Å². The zero-order valence-electron chi connectivity index (χ0n) is 10.1. The quantitative estimate of drug-likeness (QED) is 0.414. The number of nitrogens with zero attached hydrogens (tertiary/aromatic N) is 2. The van der Waals surface area contributed by atoms with Crippen molar-refractivity contribution in [3.8, 4) is 0 Å². The van der Waals surface area contributed by atoms with Crippen LogP contribution in [0.5, 0.6) is 0 Å². The van der Waals surface area contributed by atoms with E-state index in [-0.39, 0.29) is 5.91 Å². The van der Waals surface area contributed by atoms with Crippen LogP contribution in [0.4, 0.5) is 5.82 Å². The first-order valence-electron chi connectivity index (χ1n) is 5.50. The number of carbonyl (C=O) groups excluding carboxylic acids is 1. The molecule has 0 radical (unpaired) electrons. The van der Waals surface area contributed by atoms with Crippen molar-refractivity contribution in [2.45, 2.75) is 13.5 Å². The fourth-order valence-corrected chi connectivity index (χ4v) is 1.71. The molecule has 2 aromatic rings. The van der Waals surface area contributed by atoms with E-state index in [1.165, 1.54) is 0 Å². The third-order valence-corrected chi connectivity index (χ3v) is 2.68. The van der Waals surface area contributed by atoms with E-state index in [9.17, 15) is 4.79 Å². The molecular weight excluding hydrogens is 230 g/mol. The number of nitrogens with two attached hydrogens (primary N) is 2. The average molecular weight is 245 g/mol. The molecule has 0 aliphatic carbocycles. The summed E-state index contributed by atoms with van der Waals surface area (Å²) < 4.78 is 1.81. The maximum absolute atomic E-state index is 11.3. The minimum Gasteiger partial charge on any atom is -0.382 e. The van der Waals surface area contributed by atoms with E-state index >= 15 is 0 Å². The number of nitrogens with one attached hydrogen (secondary N) is 1. The molecule has 0 bridgehead atoms. The van der Waals surface area contributed by atoms with E-state index in [0.717, 1.165) is 11.3 Å². The molecular formula is C12H15N5O. The molecule has 0 atom stereocenters. The van der Waals surface area contributed by atoms with Crippen molar-refractivity contribution in [1.82, 2.24) is 15.2 Å². The van der Waals surface area contributed by atoms with E-state index in [4.69, 9.17) is 11.6 Å². The number of benzene rings is 1. The summed E-state index contributed by atoms with van der Waals surface area (Å²) in [5.41, 5.74) is 10.3. The highest BCUT2D eigenvalue weighted by molar-refractivity contribution is 5.93. The Balaban J connectivity index is 2.16. The molecule has 5 N–H and O–H groups in total. The normalized spacial score (nSPS) is 10.3. The van der Waals surface area contributed by atoms with Crippen molar-refractivity contribution < 1.29 is 4.79 Å². The topological polar surface area (TPSA) is 99.0 Å². The number of amides is 1. The molecule has 1 aromatic carbocycles. The van der Waals surface area contributed by atoms with Gasteiger partial charge in [-0.25, -0.2) is 5.84 Å². The number of hydrazine groups is 1. The van der Waals surface area contributed by atoms with E-state index in [1.807, 2.05) is 29.8 Å². The molecule has 0 aliphatic rings. The largest absolute Gasteiger partial charge is 0.382 e. The number of aryl methyl sites for hydroxylation is 1. The highest BCUT2D eigenvalue weighted by Gasteiger charge is 2.05. The van der Waals surface area contributed by atoms with Gasteiger partial charge in [0, 0.05) is 17.3 Å². The van der Waals surface area contributed by atoms with Gasteiger partial charge in [0.25, 0.3) is 5.91 Å². The molecule has 0 unspecified atom stereocenters. The van der Waals surface area contributed by atoms with Gasteiger partial charge in [-0.05, 0) is 24.6 Å². The Kier molecular flexibility index (Phi) is 3.29. The fourth-order valence-electron chi connectivity index (χ4n) is 1.71. The molecule has 2 rings (SSSR count). The SMILES string of the molecule is Cc1cc(N)nn1Cc1ccc(C(=O)NN)cc1. The second-order valence-corrected chi connectivity index (χ2v) is 4.04. The average Bonchev–Trinajstić information content (AvgIpc) is 2.68. The van der Waals surface area contributed by atoms with Crippen LogP contribution in [-0.2, 0) is 6.54 Å². The molecule has 0 saturated carbocycles. The summed E-state index contributed by atoms with van der Waals surface area (Å²) in [7, 11) is 0. The molecule has 1 amide bonds. The van der Waals surface area contributed by atoms with Crippen molar-refractivity contribution in [2.24, 2.45) is 5.84 Å². The molecule has 0 spiro atoms. The second kappa shape index (κ2) is 4.89. The zero-order valence-corrected chi connectivity index (χ0v) is 10.1. The first-order chi connectivity index (χ1) is 8.60. The van der Waals surface area contributed by atoms with Crippen molar-refractivity contribution in [2.75, 3.05) is 5.73 Å². The van der Waals surface area contributed by atoms with Crippen molar-refractivity contribution in [3.05, 3.63) is 47.2 Å². The maximum Gasteiger partial charge on any atom is 0.265 e. The molecule has 1 aromatic heterocycles. The standard InChI is InChI=1S/C12H15N5O/c1-8-6-11(13)16-17(8)7-9-2-4-10(5-3-9)12(18)15-14/h2-6H,7,14H2,1H3,(H2,13,16)(H,15,18). The number of aromatic nitrogens is 2. The van der Waals surface area contributed by atoms with E-state index in [1.54, 1.807) is 12.1 Å². The maximum atomic E-state index is 11.3. The highest BCUT2D eigenvalue weighted by Crippen LogP contribution is 2.10. The lowest BCUT2D eigenvalue weighted by Gasteiger charge is -2.05. The predicted octanol–water partition coefficient (Wildman–Crippen LogP) is 0.426. The van der Waals surface area contributed by atoms with E-state index in [2.05, 4.69) is 10.5 Å². The number of hydrogen-bond acceptors (Lipinski definition) is 4. The summed E-state index contributed by atoms with van der Waals surface area (Å²) in [5, 5.41) is 4.17. The fraction of sp³-hybridized carbons (Fsp3) is 0.167. The van der Waals surface area contributed by atoms with Gasteiger partial charge in [0.1, 0.15) is 5.82 Å². The van der Waals surface area contributed by atoms with Gasteiger partial charge in [0.2, 0.25) is 0 Å². The summed E-state index contributed by atoms with van der Waals surface area (Å²) >= 11 is 0. The van der Waals surface area contributed by atoms with Crippen LogP contribution in [0.3, 0.4) is 0 Å². The van der Waals surface area contributed by atoms with Crippen LogP contribution in [0.25, 0.3) is 0 Å². The van der Waals surface area contributed by atoms with E-state index < -0.39 is 0 Å². The van der Waals surface area contributed by atoms with Crippen LogP contribution in [0.15, 0.2) is 30.3 Å². The Bertz CT molecular complexity index is 558. The number of nitrogen functional groups attached to an aromatic ring is 2. The van der Waals surface area contributed by atoms with Gasteiger partial charge >= 0.3 is 0 Å². The Morgan fingerprint density at radius 2 is 2.06 bits per heavy atom. The Hall–Kier alpha value is -2.34. The molecule has 94 valence electrons. The summed E-state index contributed by atoms with van der Waals surface area (Å²) in [6.45, 7) is 2.56. The van der Waals surface area contributed by atoms with Crippen LogP contribution in [0.1, 0.15) is 21.6 Å². The van der Waals surface area contributed by atoms with Gasteiger partial charge in [-0.2, -0.15) is 5.10 Å². The summed E-state index contributed by atoms with van der Waals surface area (Å²) in [5.74, 6) is 5.26. The van der Waals surface area contributed by atoms with E-state index in [0.29, 0.717) is 17.9 Å². The molecule has 0 aliphatic heterocycles. The summed E-state index contributed by atoms with van der Waals surface area (Å²) in [6.07, 6.45) is 0. The molecule has 6 heteroatoms. The Morgan fingerprint density at radius 3 is 2.56 bits per heavy atom. The number of carbonyl (C=O) groups is 1. The summed E-state index contributed by atoms with van der Waals surface area (Å²) in [4.78, 5) is 11.3. The lowest BCUT2D eigenvalue weighted by molar-refractivity contribution is 0.0953. The van der Waals surface area contributed by atoms with Gasteiger partial charge in [0.15, 0.2) is 0 Å². The Labute approximate surface area is 105 Å². The number of anilines is 1. The minimum atomic E-state index is -0.305. The molecule has 1 heterocycles. The first kappa shape index (κ1) is 12.1. The zero-order chi connectivity index (χ0) is 13.1. The first-order valence-corrected chi connectivity index (χ1v) is 5.50. The van der Waals surface area contributed by atoms with Gasteiger partial charge < -0.3 is 5.73 Å². The van der Waals surface area contributed by atoms with Crippen molar-refractivity contribution in [1.29, 1.82) is 0 Å². The van der Waals surface area contributed by atoms with Crippen molar-refractivity contribution >= 4 is 11.7 Å². The third-order valence-electron chi connectivity index (χ3n) is 2.68. The van der Waals surface area contributed by atoms with Gasteiger partial charge in [0.05, 0.1) is 6.54 Å². The van der Waals surface area contributed by atoms with Gasteiger partial charge in [-0.15, -0.1) is 0 Å². The number of hydrogen-bond donors (Lipinski definition) is 3. The Morgan fingerprint density at radius 1 is 1.39 bits per heavy atom.